The summed E-state index contributed by atoms with van der Waals surface area (Å²) < 4.78 is 0. The van der Waals surface area contributed by atoms with Crippen LogP contribution in [-0.4, -0.2) is 77.9 Å². The highest BCUT2D eigenvalue weighted by atomic mass is 16.3. The van der Waals surface area contributed by atoms with E-state index in [1.54, 1.807) is 17.0 Å². The molecule has 9 heteroatoms. The molecule has 2 fully saturated rings. The van der Waals surface area contributed by atoms with Crippen molar-refractivity contribution in [2.75, 3.05) is 49.5 Å². The van der Waals surface area contributed by atoms with E-state index in [1.165, 1.54) is 28.0 Å². The molecule has 1 unspecified atom stereocenters. The minimum Gasteiger partial charge on any atom is -0.508 e. The predicted octanol–water partition coefficient (Wildman–Crippen LogP) is 6.54. The number of carbonyl (C=O) groups excluding carboxylic acids is 3. The molecule has 2 saturated heterocycles. The van der Waals surface area contributed by atoms with Gasteiger partial charge in [-0.3, -0.25) is 24.6 Å². The van der Waals surface area contributed by atoms with Gasteiger partial charge in [0.1, 0.15) is 11.8 Å². The molecule has 3 N–H and O–H groups in total. The van der Waals surface area contributed by atoms with Crippen molar-refractivity contribution >= 4 is 40.2 Å². The van der Waals surface area contributed by atoms with E-state index >= 15 is 0 Å². The lowest BCUT2D eigenvalue weighted by Crippen LogP contribution is -2.52. The Labute approximate surface area is 305 Å². The van der Waals surface area contributed by atoms with Crippen molar-refractivity contribution in [3.63, 3.8) is 0 Å². The van der Waals surface area contributed by atoms with Crippen LogP contribution in [0.1, 0.15) is 71.6 Å². The maximum absolute atomic E-state index is 13.1. The number of phenolic OH excluding ortho intramolecular Hbond substituents is 1. The van der Waals surface area contributed by atoms with Crippen LogP contribution in [0.25, 0.3) is 11.1 Å². The van der Waals surface area contributed by atoms with Gasteiger partial charge in [-0.2, -0.15) is 0 Å². The number of nitrogens with one attached hydrogen (secondary N) is 2. The van der Waals surface area contributed by atoms with Crippen LogP contribution in [0.3, 0.4) is 0 Å². The summed E-state index contributed by atoms with van der Waals surface area (Å²) in [6.45, 7) is 8.50. The molecule has 3 heterocycles. The van der Waals surface area contributed by atoms with Crippen molar-refractivity contribution in [2.24, 2.45) is 0 Å². The van der Waals surface area contributed by atoms with Crippen molar-refractivity contribution < 1.29 is 19.5 Å². The highest BCUT2D eigenvalue weighted by molar-refractivity contribution is 6.05. The highest BCUT2D eigenvalue weighted by Crippen LogP contribution is 2.36. The quantitative estimate of drug-likeness (QED) is 0.0878. The number of piperazine rings is 1. The van der Waals surface area contributed by atoms with Gasteiger partial charge < -0.3 is 20.2 Å². The summed E-state index contributed by atoms with van der Waals surface area (Å²) in [6, 6.07) is 32.3. The van der Waals surface area contributed by atoms with E-state index in [4.69, 9.17) is 0 Å². The molecule has 3 aliphatic heterocycles. The van der Waals surface area contributed by atoms with Gasteiger partial charge in [0.05, 0.1) is 0 Å². The SMILES string of the molecule is CCC(=C(c1ccc(O)cc1)c1ccc(N2CCN(CCCCNc3ccc4c(c3)C(=O)N(C3CCC(=O)NC3=O)C4)CC2)cc1)c1ccccc1. The maximum atomic E-state index is 13.1. The Bertz CT molecular complexity index is 1930. The van der Waals surface area contributed by atoms with E-state index in [1.807, 2.05) is 36.4 Å². The van der Waals surface area contributed by atoms with Crippen molar-refractivity contribution in [3.05, 3.63) is 125 Å². The number of rotatable bonds is 12. The van der Waals surface area contributed by atoms with Crippen LogP contribution in [0.2, 0.25) is 0 Å². The van der Waals surface area contributed by atoms with Gasteiger partial charge in [-0.25, -0.2) is 0 Å². The Morgan fingerprint density at radius 2 is 1.54 bits per heavy atom. The largest absolute Gasteiger partial charge is 0.508 e. The first-order valence-corrected chi connectivity index (χ1v) is 18.5. The number of hydrogen-bond acceptors (Lipinski definition) is 7. The zero-order chi connectivity index (χ0) is 36.0. The first-order chi connectivity index (χ1) is 25.4. The highest BCUT2D eigenvalue weighted by Gasteiger charge is 2.39. The van der Waals surface area contributed by atoms with E-state index in [-0.39, 0.29) is 29.9 Å². The Kier molecular flexibility index (Phi) is 10.7. The van der Waals surface area contributed by atoms with Crippen LogP contribution in [0, 0.1) is 0 Å². The third-order valence-electron chi connectivity index (χ3n) is 10.6. The Morgan fingerprint density at radius 1 is 0.827 bits per heavy atom. The number of phenols is 1. The third kappa shape index (κ3) is 7.75. The smallest absolute Gasteiger partial charge is 0.255 e. The van der Waals surface area contributed by atoms with E-state index in [0.717, 1.165) is 75.3 Å². The number of fused-ring (bicyclic) bond motifs is 1. The zero-order valence-corrected chi connectivity index (χ0v) is 29.8. The van der Waals surface area contributed by atoms with E-state index in [2.05, 4.69) is 75.9 Å². The fourth-order valence-electron chi connectivity index (χ4n) is 7.73. The number of imide groups is 1. The summed E-state index contributed by atoms with van der Waals surface area (Å²) in [5.41, 5.74) is 9.65. The molecule has 3 amide bonds. The van der Waals surface area contributed by atoms with Gasteiger partial charge in [0.15, 0.2) is 0 Å². The van der Waals surface area contributed by atoms with Gasteiger partial charge >= 0.3 is 0 Å². The van der Waals surface area contributed by atoms with E-state index in [0.29, 0.717) is 18.5 Å². The summed E-state index contributed by atoms with van der Waals surface area (Å²) in [7, 11) is 0. The van der Waals surface area contributed by atoms with Crippen molar-refractivity contribution in [1.82, 2.24) is 15.1 Å². The minimum atomic E-state index is -0.594. The number of benzene rings is 4. The van der Waals surface area contributed by atoms with Gasteiger partial charge in [-0.15, -0.1) is 0 Å². The average Bonchev–Trinajstić information content (AvgIpc) is 3.49. The first kappa shape index (κ1) is 35.0. The molecule has 7 rings (SSSR count). The second-order valence-electron chi connectivity index (χ2n) is 13.9. The Hall–Kier alpha value is -5.41. The zero-order valence-electron chi connectivity index (χ0n) is 29.8. The molecule has 4 aromatic rings. The van der Waals surface area contributed by atoms with Crippen molar-refractivity contribution in [2.45, 2.75) is 51.6 Å². The predicted molar refractivity (Wildman–Crippen MR) is 206 cm³/mol. The lowest BCUT2D eigenvalue weighted by atomic mass is 9.88. The average molecular weight is 698 g/mol. The maximum Gasteiger partial charge on any atom is 0.255 e. The van der Waals surface area contributed by atoms with Gasteiger partial charge in [-0.1, -0.05) is 67.6 Å². The van der Waals surface area contributed by atoms with Crippen LogP contribution >= 0.6 is 0 Å². The van der Waals surface area contributed by atoms with Gasteiger partial charge in [0.2, 0.25) is 11.8 Å². The number of allylic oxidation sites excluding steroid dienone is 1. The fraction of sp³-hybridized carbons (Fsp3) is 0.326. The Balaban J connectivity index is 0.886. The molecule has 0 aromatic heterocycles. The summed E-state index contributed by atoms with van der Waals surface area (Å²) in [6.07, 6.45) is 3.62. The molecule has 1 atom stereocenters. The molecule has 0 bridgehead atoms. The van der Waals surface area contributed by atoms with Crippen LogP contribution in [-0.2, 0) is 16.1 Å². The van der Waals surface area contributed by atoms with Crippen LogP contribution in [0.5, 0.6) is 5.75 Å². The molecule has 3 aliphatic rings. The number of piperidine rings is 1. The molecule has 0 radical (unpaired) electrons. The minimum absolute atomic E-state index is 0.146. The van der Waals surface area contributed by atoms with Gasteiger partial charge in [-0.05, 0) is 102 Å². The number of anilines is 2. The number of carbonyl (C=O) groups is 3. The summed E-state index contributed by atoms with van der Waals surface area (Å²) >= 11 is 0. The number of amides is 3. The molecule has 0 saturated carbocycles. The number of hydrogen-bond donors (Lipinski definition) is 3. The fourth-order valence-corrected chi connectivity index (χ4v) is 7.73. The van der Waals surface area contributed by atoms with Crippen molar-refractivity contribution in [1.29, 1.82) is 0 Å². The topological polar surface area (TPSA) is 105 Å². The van der Waals surface area contributed by atoms with Crippen LogP contribution in [0.4, 0.5) is 11.4 Å². The lowest BCUT2D eigenvalue weighted by molar-refractivity contribution is -0.136. The van der Waals surface area contributed by atoms with Gasteiger partial charge in [0.25, 0.3) is 5.91 Å². The number of aromatic hydroxyl groups is 1. The van der Waals surface area contributed by atoms with Crippen molar-refractivity contribution in [3.8, 4) is 5.75 Å². The number of nitrogens with zero attached hydrogens (tertiary/aromatic N) is 3. The van der Waals surface area contributed by atoms with E-state index < -0.39 is 6.04 Å². The normalized spacial score (nSPS) is 18.2. The van der Waals surface area contributed by atoms with E-state index in [9.17, 15) is 19.5 Å². The monoisotopic (exact) mass is 697 g/mol. The summed E-state index contributed by atoms with van der Waals surface area (Å²) in [4.78, 5) is 43.7. The molecule has 4 aromatic carbocycles. The molecular weight excluding hydrogens is 651 g/mol. The van der Waals surface area contributed by atoms with Gasteiger partial charge in [0, 0.05) is 62.6 Å². The molecule has 9 nitrogen and oxygen atoms in total. The second kappa shape index (κ2) is 15.9. The van der Waals surface area contributed by atoms with Crippen LogP contribution < -0.4 is 15.5 Å². The summed E-state index contributed by atoms with van der Waals surface area (Å²) in [5, 5.41) is 15.8. The second-order valence-corrected chi connectivity index (χ2v) is 13.9. The molecular formula is C43H47N5O4. The number of unbranched alkanes of at least 4 members (excludes halogenated alkanes) is 1. The Morgan fingerprint density at radius 3 is 2.23 bits per heavy atom. The molecule has 0 spiro atoms. The molecule has 268 valence electrons. The summed E-state index contributed by atoms with van der Waals surface area (Å²) in [5.74, 6) is -0.539. The van der Waals surface area contributed by atoms with Crippen LogP contribution in [0.15, 0.2) is 97.1 Å². The first-order valence-electron chi connectivity index (χ1n) is 18.5. The lowest BCUT2D eigenvalue weighted by Gasteiger charge is -2.36. The molecule has 0 aliphatic carbocycles. The molecule has 52 heavy (non-hydrogen) atoms. The standard InChI is InChI=1S/C43H47N5O4/c1-2-37(30-8-4-3-5-9-30)41(32-13-18-36(49)19-14-32)31-11-16-35(17-12-31)47-26-24-46(25-27-47)23-7-6-22-44-34-15-10-33-29-48(43(52)38(33)28-34)39-20-21-40(50)45-42(39)51/h3-5,8-19,28,39,44,49H,2,6-7,20-27,29H2,1H3,(H,45,50,51). The third-order valence-corrected chi connectivity index (χ3v) is 10.6.